The van der Waals surface area contributed by atoms with Crippen LogP contribution in [-0.2, 0) is 17.9 Å². The number of benzene rings is 2. The maximum Gasteiger partial charge on any atom is 0.275 e. The Morgan fingerprint density at radius 1 is 1.07 bits per heavy atom. The normalized spacial score (nSPS) is 11.0. The van der Waals surface area contributed by atoms with Crippen molar-refractivity contribution in [3.8, 4) is 11.4 Å². The SMILES string of the molecule is Cc1ccc(-c2noc(CNC(=O)Cn3nc(C)c4ccccc4c3=O)n2)cc1. The van der Waals surface area contributed by atoms with Crippen LogP contribution in [0.2, 0.25) is 0 Å². The third kappa shape index (κ3) is 3.91. The minimum Gasteiger partial charge on any atom is -0.345 e. The highest BCUT2D eigenvalue weighted by Gasteiger charge is 2.13. The molecule has 8 heteroatoms. The zero-order chi connectivity index (χ0) is 20.4. The standard InChI is InChI=1S/C21H19N5O3/c1-13-7-9-15(10-8-13)20-23-19(29-25-20)11-22-18(27)12-26-21(28)17-6-4-3-5-16(17)14(2)24-26/h3-10H,11-12H2,1-2H3,(H,22,27). The Kier molecular flexibility index (Phi) is 4.90. The molecule has 2 heterocycles. The van der Waals surface area contributed by atoms with E-state index < -0.39 is 0 Å². The maximum atomic E-state index is 12.6. The van der Waals surface area contributed by atoms with Gasteiger partial charge in [-0.3, -0.25) is 9.59 Å². The molecule has 0 spiro atoms. The Balaban J connectivity index is 1.43. The van der Waals surface area contributed by atoms with Crippen molar-refractivity contribution in [1.29, 1.82) is 0 Å². The smallest absolute Gasteiger partial charge is 0.275 e. The van der Waals surface area contributed by atoms with Crippen LogP contribution in [0.15, 0.2) is 57.8 Å². The molecule has 146 valence electrons. The summed E-state index contributed by atoms with van der Waals surface area (Å²) in [6.07, 6.45) is 0. The van der Waals surface area contributed by atoms with Crippen LogP contribution in [0.1, 0.15) is 17.1 Å². The fourth-order valence-corrected chi connectivity index (χ4v) is 3.02. The van der Waals surface area contributed by atoms with E-state index in [9.17, 15) is 9.59 Å². The summed E-state index contributed by atoms with van der Waals surface area (Å²) in [6, 6.07) is 14.9. The molecule has 0 aliphatic carbocycles. The fourth-order valence-electron chi connectivity index (χ4n) is 3.02. The van der Waals surface area contributed by atoms with Crippen LogP contribution in [-0.4, -0.2) is 25.8 Å². The van der Waals surface area contributed by atoms with Crippen molar-refractivity contribution in [2.45, 2.75) is 26.9 Å². The lowest BCUT2D eigenvalue weighted by molar-refractivity contribution is -0.122. The average molecular weight is 389 g/mol. The molecule has 0 radical (unpaired) electrons. The Morgan fingerprint density at radius 2 is 1.79 bits per heavy atom. The number of carbonyl (C=O) groups is 1. The van der Waals surface area contributed by atoms with Gasteiger partial charge in [-0.2, -0.15) is 10.1 Å². The predicted octanol–water partition coefficient (Wildman–Crippen LogP) is 2.38. The molecule has 2 aromatic carbocycles. The molecule has 0 saturated heterocycles. The number of carbonyl (C=O) groups excluding carboxylic acids is 1. The Labute approximate surface area is 166 Å². The van der Waals surface area contributed by atoms with E-state index in [-0.39, 0.29) is 30.4 Å². The highest BCUT2D eigenvalue weighted by Crippen LogP contribution is 2.16. The first-order valence-corrected chi connectivity index (χ1v) is 9.14. The van der Waals surface area contributed by atoms with E-state index in [1.807, 2.05) is 43.3 Å². The van der Waals surface area contributed by atoms with Crippen molar-refractivity contribution < 1.29 is 9.32 Å². The molecule has 4 aromatic rings. The van der Waals surface area contributed by atoms with E-state index in [2.05, 4.69) is 20.6 Å². The molecular weight excluding hydrogens is 370 g/mol. The second-order valence-corrected chi connectivity index (χ2v) is 6.75. The minimum atomic E-state index is -0.371. The van der Waals surface area contributed by atoms with Crippen molar-refractivity contribution in [3.63, 3.8) is 0 Å². The number of aryl methyl sites for hydroxylation is 2. The van der Waals surface area contributed by atoms with Crippen molar-refractivity contribution in [3.05, 3.63) is 76.0 Å². The van der Waals surface area contributed by atoms with Crippen molar-refractivity contribution in [2.75, 3.05) is 0 Å². The molecule has 0 fully saturated rings. The number of nitrogens with zero attached hydrogens (tertiary/aromatic N) is 4. The first-order chi connectivity index (χ1) is 14.0. The molecule has 0 atom stereocenters. The molecular formula is C21H19N5O3. The quantitative estimate of drug-likeness (QED) is 0.562. The van der Waals surface area contributed by atoms with Gasteiger partial charge in [-0.05, 0) is 19.9 Å². The molecule has 29 heavy (non-hydrogen) atoms. The van der Waals surface area contributed by atoms with Crippen LogP contribution < -0.4 is 10.9 Å². The van der Waals surface area contributed by atoms with Gasteiger partial charge < -0.3 is 9.84 Å². The number of hydrogen-bond donors (Lipinski definition) is 1. The van der Waals surface area contributed by atoms with Crippen molar-refractivity contribution >= 4 is 16.7 Å². The lowest BCUT2D eigenvalue weighted by atomic mass is 10.1. The second-order valence-electron chi connectivity index (χ2n) is 6.75. The largest absolute Gasteiger partial charge is 0.345 e. The Hall–Kier alpha value is -3.81. The fraction of sp³-hybridized carbons (Fsp3) is 0.190. The molecule has 0 aliphatic rings. The summed E-state index contributed by atoms with van der Waals surface area (Å²) in [7, 11) is 0. The van der Waals surface area contributed by atoms with Gasteiger partial charge in [0.1, 0.15) is 6.54 Å². The van der Waals surface area contributed by atoms with Crippen LogP contribution >= 0.6 is 0 Å². The summed E-state index contributed by atoms with van der Waals surface area (Å²) in [5.41, 5.74) is 2.35. The molecule has 0 unspecified atom stereocenters. The number of aromatic nitrogens is 4. The van der Waals surface area contributed by atoms with Gasteiger partial charge in [-0.1, -0.05) is 53.2 Å². The van der Waals surface area contributed by atoms with Gasteiger partial charge in [0.2, 0.25) is 17.6 Å². The summed E-state index contributed by atoms with van der Waals surface area (Å²) >= 11 is 0. The molecule has 1 N–H and O–H groups in total. The molecule has 0 bridgehead atoms. The van der Waals surface area contributed by atoms with E-state index in [0.29, 0.717) is 16.9 Å². The zero-order valence-electron chi connectivity index (χ0n) is 16.0. The van der Waals surface area contributed by atoms with Crippen LogP contribution in [0.5, 0.6) is 0 Å². The summed E-state index contributed by atoms with van der Waals surface area (Å²) in [4.78, 5) is 29.1. The lowest BCUT2D eigenvalue weighted by Crippen LogP contribution is -2.33. The third-order valence-corrected chi connectivity index (χ3v) is 4.56. The summed E-state index contributed by atoms with van der Waals surface area (Å²) in [5.74, 6) is 0.366. The Morgan fingerprint density at radius 3 is 2.55 bits per heavy atom. The van der Waals surface area contributed by atoms with Gasteiger partial charge in [0.05, 0.1) is 17.6 Å². The summed E-state index contributed by atoms with van der Waals surface area (Å²) in [6.45, 7) is 3.68. The zero-order valence-corrected chi connectivity index (χ0v) is 16.0. The highest BCUT2D eigenvalue weighted by molar-refractivity contribution is 5.83. The number of nitrogens with one attached hydrogen (secondary N) is 1. The molecule has 8 nitrogen and oxygen atoms in total. The highest BCUT2D eigenvalue weighted by atomic mass is 16.5. The number of hydrogen-bond acceptors (Lipinski definition) is 6. The van der Waals surface area contributed by atoms with E-state index in [0.717, 1.165) is 16.5 Å². The average Bonchev–Trinajstić information content (AvgIpc) is 3.20. The van der Waals surface area contributed by atoms with E-state index in [4.69, 9.17) is 4.52 Å². The monoisotopic (exact) mass is 389 g/mol. The van der Waals surface area contributed by atoms with Gasteiger partial charge in [-0.15, -0.1) is 0 Å². The second kappa shape index (κ2) is 7.67. The topological polar surface area (TPSA) is 103 Å². The van der Waals surface area contributed by atoms with E-state index >= 15 is 0 Å². The first kappa shape index (κ1) is 18.5. The summed E-state index contributed by atoms with van der Waals surface area (Å²) < 4.78 is 6.36. The number of fused-ring (bicyclic) bond motifs is 1. The van der Waals surface area contributed by atoms with E-state index in [1.54, 1.807) is 19.1 Å². The van der Waals surface area contributed by atoms with Gasteiger partial charge >= 0.3 is 0 Å². The molecule has 4 rings (SSSR count). The summed E-state index contributed by atoms with van der Waals surface area (Å²) in [5, 5.41) is 12.2. The van der Waals surface area contributed by atoms with Crippen LogP contribution in [0.3, 0.4) is 0 Å². The van der Waals surface area contributed by atoms with Gasteiger partial charge in [0.25, 0.3) is 5.56 Å². The lowest BCUT2D eigenvalue weighted by Gasteiger charge is -2.08. The van der Waals surface area contributed by atoms with Crippen molar-refractivity contribution in [2.24, 2.45) is 0 Å². The van der Waals surface area contributed by atoms with Gasteiger partial charge in [0.15, 0.2) is 0 Å². The van der Waals surface area contributed by atoms with Gasteiger partial charge in [0, 0.05) is 10.9 Å². The van der Waals surface area contributed by atoms with Crippen molar-refractivity contribution in [1.82, 2.24) is 25.2 Å². The molecule has 1 amide bonds. The maximum absolute atomic E-state index is 12.6. The minimum absolute atomic E-state index is 0.0685. The predicted molar refractivity (Wildman–Crippen MR) is 107 cm³/mol. The molecule has 0 saturated carbocycles. The molecule has 0 aliphatic heterocycles. The van der Waals surface area contributed by atoms with Crippen LogP contribution in [0.4, 0.5) is 0 Å². The van der Waals surface area contributed by atoms with E-state index in [1.165, 1.54) is 4.68 Å². The molecule has 2 aromatic heterocycles. The Bertz CT molecular complexity index is 1240. The third-order valence-electron chi connectivity index (χ3n) is 4.56. The van der Waals surface area contributed by atoms with Crippen LogP contribution in [0.25, 0.3) is 22.2 Å². The number of amides is 1. The van der Waals surface area contributed by atoms with Crippen LogP contribution in [0, 0.1) is 13.8 Å². The van der Waals surface area contributed by atoms with Gasteiger partial charge in [-0.25, -0.2) is 4.68 Å². The number of rotatable bonds is 5. The first-order valence-electron chi connectivity index (χ1n) is 9.14.